The lowest BCUT2D eigenvalue weighted by molar-refractivity contribution is 0.621. The first-order valence-corrected chi connectivity index (χ1v) is 7.01. The van der Waals surface area contributed by atoms with Crippen molar-refractivity contribution in [3.8, 4) is 11.5 Å². The predicted molar refractivity (Wildman–Crippen MR) is 76.0 cm³/mol. The SMILES string of the molecule is CCCNc1cc(C2CC2)nc(-c2ccc(F)cn2)n1. The lowest BCUT2D eigenvalue weighted by atomic mass is 10.2. The van der Waals surface area contributed by atoms with Crippen LogP contribution in [0, 0.1) is 5.82 Å². The van der Waals surface area contributed by atoms with Gasteiger partial charge in [-0.3, -0.25) is 0 Å². The molecule has 2 aromatic heterocycles. The molecule has 1 N–H and O–H groups in total. The van der Waals surface area contributed by atoms with E-state index in [4.69, 9.17) is 0 Å². The minimum Gasteiger partial charge on any atom is -0.370 e. The molecule has 1 aliphatic carbocycles. The second-order valence-electron chi connectivity index (χ2n) is 5.06. The minimum atomic E-state index is -0.351. The molecule has 0 aliphatic heterocycles. The quantitative estimate of drug-likeness (QED) is 0.906. The Morgan fingerprint density at radius 2 is 2.15 bits per heavy atom. The first-order valence-electron chi connectivity index (χ1n) is 7.01. The molecule has 1 saturated carbocycles. The summed E-state index contributed by atoms with van der Waals surface area (Å²) < 4.78 is 13.0. The van der Waals surface area contributed by atoms with Gasteiger partial charge in [-0.2, -0.15) is 0 Å². The van der Waals surface area contributed by atoms with Crippen LogP contribution in [0.4, 0.5) is 10.2 Å². The highest BCUT2D eigenvalue weighted by Gasteiger charge is 2.26. The third-order valence-electron chi connectivity index (χ3n) is 3.25. The van der Waals surface area contributed by atoms with Gasteiger partial charge in [0.2, 0.25) is 0 Å². The molecule has 5 heteroatoms. The number of hydrogen-bond acceptors (Lipinski definition) is 4. The molecule has 0 atom stereocenters. The zero-order valence-electron chi connectivity index (χ0n) is 11.4. The molecule has 0 unspecified atom stereocenters. The Labute approximate surface area is 117 Å². The number of nitrogens with zero attached hydrogens (tertiary/aromatic N) is 3. The molecule has 0 bridgehead atoms. The third kappa shape index (κ3) is 2.92. The molecular weight excluding hydrogens is 255 g/mol. The van der Waals surface area contributed by atoms with Crippen LogP contribution in [0.5, 0.6) is 0 Å². The summed E-state index contributed by atoms with van der Waals surface area (Å²) in [4.78, 5) is 13.1. The van der Waals surface area contributed by atoms with Crippen molar-refractivity contribution in [1.82, 2.24) is 15.0 Å². The Kier molecular flexibility index (Phi) is 3.58. The number of halogens is 1. The van der Waals surface area contributed by atoms with Crippen molar-refractivity contribution in [3.63, 3.8) is 0 Å². The molecule has 0 amide bonds. The molecule has 20 heavy (non-hydrogen) atoms. The summed E-state index contributed by atoms with van der Waals surface area (Å²) >= 11 is 0. The Morgan fingerprint density at radius 1 is 1.30 bits per heavy atom. The average Bonchev–Trinajstić information content (AvgIpc) is 3.30. The van der Waals surface area contributed by atoms with Crippen LogP contribution >= 0.6 is 0 Å². The molecular formula is C15H17FN4. The van der Waals surface area contributed by atoms with E-state index >= 15 is 0 Å². The van der Waals surface area contributed by atoms with Crippen molar-refractivity contribution in [2.75, 3.05) is 11.9 Å². The fourth-order valence-electron chi connectivity index (χ4n) is 2.02. The molecule has 1 fully saturated rings. The molecule has 0 spiro atoms. The zero-order chi connectivity index (χ0) is 13.9. The molecule has 104 valence electrons. The van der Waals surface area contributed by atoms with Gasteiger partial charge in [0.05, 0.1) is 6.20 Å². The van der Waals surface area contributed by atoms with Gasteiger partial charge >= 0.3 is 0 Å². The van der Waals surface area contributed by atoms with Crippen LogP contribution in [0.25, 0.3) is 11.5 Å². The first kappa shape index (κ1) is 13.0. The Bertz CT molecular complexity index is 593. The molecule has 0 saturated heterocycles. The van der Waals surface area contributed by atoms with Crippen LogP contribution in [0.3, 0.4) is 0 Å². The van der Waals surface area contributed by atoms with Gasteiger partial charge in [-0.1, -0.05) is 6.92 Å². The van der Waals surface area contributed by atoms with Gasteiger partial charge < -0.3 is 5.32 Å². The Hall–Kier alpha value is -2.04. The maximum atomic E-state index is 13.0. The maximum Gasteiger partial charge on any atom is 0.180 e. The molecule has 1 aliphatic rings. The number of nitrogens with one attached hydrogen (secondary N) is 1. The molecule has 3 rings (SSSR count). The van der Waals surface area contributed by atoms with Crippen molar-refractivity contribution in [2.45, 2.75) is 32.1 Å². The summed E-state index contributed by atoms with van der Waals surface area (Å²) in [5, 5.41) is 3.29. The van der Waals surface area contributed by atoms with Crippen LogP contribution in [-0.4, -0.2) is 21.5 Å². The number of pyridine rings is 1. The average molecular weight is 272 g/mol. The van der Waals surface area contributed by atoms with Crippen LogP contribution in [0.2, 0.25) is 0 Å². The van der Waals surface area contributed by atoms with E-state index in [0.717, 1.165) is 24.5 Å². The van der Waals surface area contributed by atoms with E-state index < -0.39 is 0 Å². The highest BCUT2D eigenvalue weighted by atomic mass is 19.1. The minimum absolute atomic E-state index is 0.351. The Morgan fingerprint density at radius 3 is 2.80 bits per heavy atom. The van der Waals surface area contributed by atoms with E-state index in [1.165, 1.54) is 25.1 Å². The van der Waals surface area contributed by atoms with Gasteiger partial charge in [0, 0.05) is 24.2 Å². The largest absolute Gasteiger partial charge is 0.370 e. The highest BCUT2D eigenvalue weighted by Crippen LogP contribution is 2.40. The van der Waals surface area contributed by atoms with Crippen molar-refractivity contribution in [1.29, 1.82) is 0 Å². The number of hydrogen-bond donors (Lipinski definition) is 1. The lowest BCUT2D eigenvalue weighted by Crippen LogP contribution is -2.05. The molecule has 4 nitrogen and oxygen atoms in total. The smallest absolute Gasteiger partial charge is 0.180 e. The summed E-state index contributed by atoms with van der Waals surface area (Å²) in [5.74, 6) is 1.58. The highest BCUT2D eigenvalue weighted by molar-refractivity contribution is 5.53. The van der Waals surface area contributed by atoms with E-state index in [9.17, 15) is 4.39 Å². The fourth-order valence-corrected chi connectivity index (χ4v) is 2.02. The van der Waals surface area contributed by atoms with Gasteiger partial charge in [0.25, 0.3) is 0 Å². The van der Waals surface area contributed by atoms with E-state index in [1.807, 2.05) is 6.07 Å². The molecule has 0 aromatic carbocycles. The third-order valence-corrected chi connectivity index (χ3v) is 3.25. The van der Waals surface area contributed by atoms with Gasteiger partial charge in [-0.05, 0) is 31.4 Å². The second kappa shape index (κ2) is 5.53. The predicted octanol–water partition coefficient (Wildman–Crippen LogP) is 3.38. The van der Waals surface area contributed by atoms with Gasteiger partial charge in [0.1, 0.15) is 17.3 Å². The second-order valence-corrected chi connectivity index (χ2v) is 5.06. The van der Waals surface area contributed by atoms with Crippen molar-refractivity contribution < 1.29 is 4.39 Å². The molecule has 2 aromatic rings. The maximum absolute atomic E-state index is 13.0. The van der Waals surface area contributed by atoms with Crippen LogP contribution < -0.4 is 5.32 Å². The van der Waals surface area contributed by atoms with E-state index in [2.05, 4.69) is 27.2 Å². The fraction of sp³-hybridized carbons (Fsp3) is 0.400. The van der Waals surface area contributed by atoms with E-state index in [-0.39, 0.29) is 5.82 Å². The summed E-state index contributed by atoms with van der Waals surface area (Å²) in [6, 6.07) is 5.01. The summed E-state index contributed by atoms with van der Waals surface area (Å²) in [7, 11) is 0. The van der Waals surface area contributed by atoms with Gasteiger partial charge in [-0.15, -0.1) is 0 Å². The zero-order valence-corrected chi connectivity index (χ0v) is 11.4. The number of anilines is 1. The van der Waals surface area contributed by atoms with Gasteiger partial charge in [0.15, 0.2) is 5.82 Å². The lowest BCUT2D eigenvalue weighted by Gasteiger charge is -2.08. The Balaban J connectivity index is 1.95. The number of aromatic nitrogens is 3. The molecule has 2 heterocycles. The van der Waals surface area contributed by atoms with E-state index in [0.29, 0.717) is 17.4 Å². The van der Waals surface area contributed by atoms with Crippen molar-refractivity contribution in [3.05, 3.63) is 35.9 Å². The topological polar surface area (TPSA) is 50.7 Å². The van der Waals surface area contributed by atoms with Crippen LogP contribution in [0.1, 0.15) is 37.8 Å². The molecule has 0 radical (unpaired) electrons. The monoisotopic (exact) mass is 272 g/mol. The van der Waals surface area contributed by atoms with Gasteiger partial charge in [-0.25, -0.2) is 19.3 Å². The first-order chi connectivity index (χ1) is 9.76. The summed E-state index contributed by atoms with van der Waals surface area (Å²) in [6.07, 6.45) is 4.59. The summed E-state index contributed by atoms with van der Waals surface area (Å²) in [5.41, 5.74) is 1.66. The van der Waals surface area contributed by atoms with Crippen LogP contribution in [-0.2, 0) is 0 Å². The summed E-state index contributed by atoms with van der Waals surface area (Å²) in [6.45, 7) is 2.98. The normalized spacial score (nSPS) is 14.3. The van der Waals surface area contributed by atoms with Crippen molar-refractivity contribution >= 4 is 5.82 Å². The van der Waals surface area contributed by atoms with E-state index in [1.54, 1.807) is 6.07 Å². The van der Waals surface area contributed by atoms with Crippen molar-refractivity contribution in [2.24, 2.45) is 0 Å². The number of rotatable bonds is 5. The standard InChI is InChI=1S/C15H17FN4/c1-2-7-17-14-8-13(10-3-4-10)19-15(20-14)12-6-5-11(16)9-18-12/h5-6,8-10H,2-4,7H2,1H3,(H,17,19,20). The van der Waals surface area contributed by atoms with Crippen LogP contribution in [0.15, 0.2) is 24.4 Å².